The van der Waals surface area contributed by atoms with Gasteiger partial charge >= 0.3 is 0 Å². The predicted molar refractivity (Wildman–Crippen MR) is 155 cm³/mol. The van der Waals surface area contributed by atoms with Crippen LogP contribution in [0.15, 0.2) is 72.4 Å². The van der Waals surface area contributed by atoms with E-state index in [9.17, 15) is 14.7 Å². The Labute approximate surface area is 229 Å². The number of aromatic nitrogens is 1. The number of aliphatic hydroxyl groups excluding tert-OH is 1. The van der Waals surface area contributed by atoms with Crippen molar-refractivity contribution in [1.29, 1.82) is 0 Å². The fraction of sp³-hybridized carbons (Fsp3) is 0.273. The summed E-state index contributed by atoms with van der Waals surface area (Å²) in [6.07, 6.45) is 1.94. The normalized spacial score (nSPS) is 17.0. The summed E-state index contributed by atoms with van der Waals surface area (Å²) in [6, 6.07) is 18.2. The minimum Gasteiger partial charge on any atom is -0.507 e. The Bertz CT molecular complexity index is 1640. The number of para-hydroxylation sites is 1. The van der Waals surface area contributed by atoms with E-state index in [1.165, 1.54) is 4.90 Å². The zero-order valence-corrected chi connectivity index (χ0v) is 23.3. The van der Waals surface area contributed by atoms with Crippen LogP contribution in [0.25, 0.3) is 16.7 Å². The summed E-state index contributed by atoms with van der Waals surface area (Å²) in [5.74, 6) is -0.685. The third-order valence-corrected chi connectivity index (χ3v) is 7.64. The molecule has 0 saturated carbocycles. The Balaban J connectivity index is 1.78. The second-order valence-electron chi connectivity index (χ2n) is 10.5. The standard InChI is InChI=1S/C33H34N2O4/c1-7-39-28-15-13-22(17-25(28)19(2)3)31(36)29-30(26-18-34(6)27-11-9-8-10-24(26)27)35(33(38)32(29)37)23-14-12-20(4)21(5)16-23/h8-19,30,36H,7H2,1-6H3/b31-29+. The van der Waals surface area contributed by atoms with Crippen LogP contribution in [0.2, 0.25) is 0 Å². The molecule has 3 aromatic carbocycles. The summed E-state index contributed by atoms with van der Waals surface area (Å²) in [5.41, 5.74) is 5.95. The number of ether oxygens (including phenoxy) is 1. The monoisotopic (exact) mass is 522 g/mol. The van der Waals surface area contributed by atoms with Crippen LogP contribution in [0, 0.1) is 13.8 Å². The van der Waals surface area contributed by atoms with Gasteiger partial charge in [-0.2, -0.15) is 0 Å². The molecular weight excluding hydrogens is 488 g/mol. The highest BCUT2D eigenvalue weighted by atomic mass is 16.5. The van der Waals surface area contributed by atoms with Gasteiger partial charge in [0.2, 0.25) is 0 Å². The van der Waals surface area contributed by atoms with E-state index in [1.54, 1.807) is 6.07 Å². The van der Waals surface area contributed by atoms with Crippen LogP contribution in [0.1, 0.15) is 60.5 Å². The van der Waals surface area contributed by atoms with E-state index in [0.717, 1.165) is 38.9 Å². The molecule has 1 unspecified atom stereocenters. The highest BCUT2D eigenvalue weighted by Gasteiger charge is 2.48. The first-order valence-electron chi connectivity index (χ1n) is 13.3. The number of aryl methyl sites for hydroxylation is 3. The van der Waals surface area contributed by atoms with Gasteiger partial charge < -0.3 is 14.4 Å². The van der Waals surface area contributed by atoms with Crippen molar-refractivity contribution >= 4 is 34.0 Å². The van der Waals surface area contributed by atoms with E-state index in [0.29, 0.717) is 17.9 Å². The van der Waals surface area contributed by atoms with Gasteiger partial charge in [-0.25, -0.2) is 0 Å². The molecule has 6 heteroatoms. The van der Waals surface area contributed by atoms with Crippen LogP contribution in [0.3, 0.4) is 0 Å². The molecule has 1 aliphatic heterocycles. The van der Waals surface area contributed by atoms with E-state index in [2.05, 4.69) is 13.8 Å². The third kappa shape index (κ3) is 4.40. The smallest absolute Gasteiger partial charge is 0.300 e. The molecule has 1 atom stereocenters. The Kier molecular flexibility index (Phi) is 6.81. The van der Waals surface area contributed by atoms with Gasteiger partial charge in [0.25, 0.3) is 11.7 Å². The van der Waals surface area contributed by atoms with Crippen molar-refractivity contribution in [1.82, 2.24) is 4.57 Å². The fourth-order valence-corrected chi connectivity index (χ4v) is 5.45. The molecular formula is C33H34N2O4. The van der Waals surface area contributed by atoms with Gasteiger partial charge in [-0.05, 0) is 79.8 Å². The van der Waals surface area contributed by atoms with Gasteiger partial charge in [0, 0.05) is 41.0 Å². The number of carbonyl (C=O) groups excluding carboxylic acids is 2. The minimum atomic E-state index is -0.799. The molecule has 0 spiro atoms. The van der Waals surface area contributed by atoms with Gasteiger partial charge in [-0.15, -0.1) is 0 Å². The van der Waals surface area contributed by atoms with Crippen LogP contribution < -0.4 is 9.64 Å². The minimum absolute atomic E-state index is 0.0773. The fourth-order valence-electron chi connectivity index (χ4n) is 5.45. The van der Waals surface area contributed by atoms with E-state index >= 15 is 0 Å². The van der Waals surface area contributed by atoms with Crippen molar-refractivity contribution < 1.29 is 19.4 Å². The molecule has 1 N–H and O–H groups in total. The van der Waals surface area contributed by atoms with Crippen LogP contribution in [0.5, 0.6) is 5.75 Å². The first-order valence-corrected chi connectivity index (χ1v) is 13.3. The lowest BCUT2D eigenvalue weighted by Gasteiger charge is -2.25. The molecule has 2 heterocycles. The van der Waals surface area contributed by atoms with Crippen molar-refractivity contribution in [2.75, 3.05) is 11.5 Å². The van der Waals surface area contributed by atoms with Gasteiger partial charge in [0.05, 0.1) is 18.2 Å². The Morgan fingerprint density at radius 2 is 1.74 bits per heavy atom. The summed E-state index contributed by atoms with van der Waals surface area (Å²) in [4.78, 5) is 29.0. The number of amides is 1. The summed E-state index contributed by atoms with van der Waals surface area (Å²) in [7, 11) is 1.94. The highest BCUT2D eigenvalue weighted by Crippen LogP contribution is 2.45. The average molecular weight is 523 g/mol. The van der Waals surface area contributed by atoms with Crippen LogP contribution in [-0.4, -0.2) is 28.0 Å². The molecule has 1 fully saturated rings. The average Bonchev–Trinajstić information content (AvgIpc) is 3.38. The lowest BCUT2D eigenvalue weighted by atomic mass is 9.92. The maximum Gasteiger partial charge on any atom is 0.300 e. The largest absolute Gasteiger partial charge is 0.507 e. The van der Waals surface area contributed by atoms with Crippen molar-refractivity contribution in [3.8, 4) is 5.75 Å². The van der Waals surface area contributed by atoms with Crippen molar-refractivity contribution in [3.05, 3.63) is 100 Å². The first kappa shape index (κ1) is 26.3. The number of aliphatic hydroxyl groups is 1. The number of nitrogens with zero attached hydrogens (tertiary/aromatic N) is 2. The van der Waals surface area contributed by atoms with Crippen molar-refractivity contribution in [2.45, 2.75) is 46.6 Å². The maximum atomic E-state index is 13.7. The van der Waals surface area contributed by atoms with E-state index in [1.807, 2.05) is 93.2 Å². The van der Waals surface area contributed by atoms with E-state index in [-0.39, 0.29) is 17.3 Å². The molecule has 1 saturated heterocycles. The molecule has 0 bridgehead atoms. The number of carbonyl (C=O) groups is 2. The molecule has 0 aliphatic carbocycles. The van der Waals surface area contributed by atoms with Crippen molar-refractivity contribution in [3.63, 3.8) is 0 Å². The predicted octanol–water partition coefficient (Wildman–Crippen LogP) is 6.94. The van der Waals surface area contributed by atoms with Gasteiger partial charge in [0.15, 0.2) is 0 Å². The SMILES string of the molecule is CCOc1ccc(/C(O)=C2\C(=O)C(=O)N(c3ccc(C)c(C)c3)C2c2cn(C)c3ccccc23)cc1C(C)C. The third-order valence-electron chi connectivity index (χ3n) is 7.64. The number of ketones is 1. The lowest BCUT2D eigenvalue weighted by Crippen LogP contribution is -2.29. The Hall–Kier alpha value is -4.32. The van der Waals surface area contributed by atoms with Gasteiger partial charge in [0.1, 0.15) is 11.5 Å². The van der Waals surface area contributed by atoms with Crippen LogP contribution in [-0.2, 0) is 16.6 Å². The van der Waals surface area contributed by atoms with Gasteiger partial charge in [-0.3, -0.25) is 14.5 Å². The number of anilines is 1. The summed E-state index contributed by atoms with van der Waals surface area (Å²) in [5, 5.41) is 12.7. The zero-order chi connectivity index (χ0) is 28.0. The number of rotatable bonds is 6. The number of benzene rings is 3. The maximum absolute atomic E-state index is 13.7. The number of Topliss-reactive ketones (excluding diaryl/α,β-unsaturated/α-hetero) is 1. The topological polar surface area (TPSA) is 71.8 Å². The summed E-state index contributed by atoms with van der Waals surface area (Å²) < 4.78 is 7.79. The number of hydrogen-bond donors (Lipinski definition) is 1. The molecule has 4 aromatic rings. The summed E-state index contributed by atoms with van der Waals surface area (Å²) >= 11 is 0. The Morgan fingerprint density at radius 1 is 1.00 bits per heavy atom. The van der Waals surface area contributed by atoms with Crippen LogP contribution in [0.4, 0.5) is 5.69 Å². The number of hydrogen-bond acceptors (Lipinski definition) is 4. The highest BCUT2D eigenvalue weighted by molar-refractivity contribution is 6.52. The summed E-state index contributed by atoms with van der Waals surface area (Å²) in [6.45, 7) is 10.5. The first-order chi connectivity index (χ1) is 18.6. The molecule has 6 nitrogen and oxygen atoms in total. The van der Waals surface area contributed by atoms with E-state index < -0.39 is 17.7 Å². The molecule has 1 amide bonds. The van der Waals surface area contributed by atoms with Crippen molar-refractivity contribution in [2.24, 2.45) is 7.05 Å². The molecule has 0 radical (unpaired) electrons. The second kappa shape index (κ2) is 10.1. The molecule has 1 aromatic heterocycles. The van der Waals surface area contributed by atoms with E-state index in [4.69, 9.17) is 4.74 Å². The van der Waals surface area contributed by atoms with Crippen LogP contribution >= 0.6 is 0 Å². The molecule has 1 aliphatic rings. The quantitative estimate of drug-likeness (QED) is 0.169. The number of fused-ring (bicyclic) bond motifs is 1. The van der Waals surface area contributed by atoms with Gasteiger partial charge in [-0.1, -0.05) is 38.1 Å². The molecule has 39 heavy (non-hydrogen) atoms. The Morgan fingerprint density at radius 3 is 2.44 bits per heavy atom. The molecule has 200 valence electrons. The zero-order valence-electron chi connectivity index (χ0n) is 23.3. The lowest BCUT2D eigenvalue weighted by molar-refractivity contribution is -0.132. The second-order valence-corrected chi connectivity index (χ2v) is 10.5. The molecule has 5 rings (SSSR count).